The van der Waals surface area contributed by atoms with Crippen LogP contribution in [-0.2, 0) is 12.8 Å². The summed E-state index contributed by atoms with van der Waals surface area (Å²) >= 11 is 3.46. The Morgan fingerprint density at radius 2 is 1.65 bits per heavy atom. The Hall–Kier alpha value is -1.61. The second-order valence-corrected chi connectivity index (χ2v) is 5.93. The van der Waals surface area contributed by atoms with Crippen LogP contribution in [0.3, 0.4) is 0 Å². The van der Waals surface area contributed by atoms with Gasteiger partial charge in [-0.25, -0.2) is 0 Å². The van der Waals surface area contributed by atoms with Crippen LogP contribution in [0.25, 0.3) is 0 Å². The first kappa shape index (κ1) is 13.4. The molecule has 3 rings (SSSR count). The van der Waals surface area contributed by atoms with E-state index in [0.29, 0.717) is 5.56 Å². The lowest BCUT2D eigenvalue weighted by Gasteiger charge is -2.23. The predicted molar refractivity (Wildman–Crippen MR) is 85.6 cm³/mol. The van der Waals surface area contributed by atoms with Crippen LogP contribution in [0.5, 0.6) is 0 Å². The summed E-state index contributed by atoms with van der Waals surface area (Å²) in [7, 11) is 0. The summed E-state index contributed by atoms with van der Waals surface area (Å²) in [4.78, 5) is 13.3. The molecular weight excluding hydrogens is 314 g/mol. The van der Waals surface area contributed by atoms with Crippen molar-refractivity contribution in [3.05, 3.63) is 63.6 Å². The molecule has 3 heteroatoms. The molecule has 2 nitrogen and oxygen atoms in total. The van der Waals surface area contributed by atoms with Crippen LogP contribution < -0.4 is 4.90 Å². The minimum Gasteiger partial charge on any atom is -0.371 e. The maximum atomic E-state index is 10.9. The topological polar surface area (TPSA) is 20.3 Å². The van der Waals surface area contributed by atoms with Crippen molar-refractivity contribution in [2.45, 2.75) is 12.8 Å². The van der Waals surface area contributed by atoms with E-state index in [4.69, 9.17) is 0 Å². The maximum Gasteiger partial charge on any atom is 0.151 e. The van der Waals surface area contributed by atoms with E-state index in [0.717, 1.165) is 36.7 Å². The number of aldehydes is 1. The van der Waals surface area contributed by atoms with Gasteiger partial charge in [-0.2, -0.15) is 0 Å². The summed E-state index contributed by atoms with van der Waals surface area (Å²) < 4.78 is 0.867. The quantitative estimate of drug-likeness (QED) is 0.779. The number of rotatable bonds is 2. The third-order valence-corrected chi connectivity index (χ3v) is 4.58. The number of benzene rings is 2. The van der Waals surface area contributed by atoms with Crippen molar-refractivity contribution < 1.29 is 4.79 Å². The van der Waals surface area contributed by atoms with Crippen LogP contribution in [0, 0.1) is 0 Å². The van der Waals surface area contributed by atoms with E-state index in [1.807, 2.05) is 18.2 Å². The first-order valence-electron chi connectivity index (χ1n) is 6.84. The Morgan fingerprint density at radius 3 is 2.20 bits per heavy atom. The van der Waals surface area contributed by atoms with Gasteiger partial charge in [-0.05, 0) is 58.1 Å². The van der Waals surface area contributed by atoms with E-state index in [2.05, 4.69) is 45.1 Å². The van der Waals surface area contributed by atoms with Crippen molar-refractivity contribution >= 4 is 27.9 Å². The smallest absolute Gasteiger partial charge is 0.151 e. The van der Waals surface area contributed by atoms with Gasteiger partial charge in [0.1, 0.15) is 0 Å². The van der Waals surface area contributed by atoms with E-state index in [-0.39, 0.29) is 0 Å². The molecule has 2 aromatic rings. The molecule has 20 heavy (non-hydrogen) atoms. The van der Waals surface area contributed by atoms with Gasteiger partial charge in [0, 0.05) is 28.8 Å². The van der Waals surface area contributed by atoms with Crippen LogP contribution >= 0.6 is 15.9 Å². The molecule has 2 aromatic carbocycles. The second-order valence-electron chi connectivity index (χ2n) is 5.08. The zero-order valence-electron chi connectivity index (χ0n) is 11.2. The summed E-state index contributed by atoms with van der Waals surface area (Å²) in [6.45, 7) is 2.04. The highest BCUT2D eigenvalue weighted by atomic mass is 79.9. The lowest BCUT2D eigenvalue weighted by Crippen LogP contribution is -2.25. The average molecular weight is 330 g/mol. The van der Waals surface area contributed by atoms with E-state index >= 15 is 0 Å². The van der Waals surface area contributed by atoms with E-state index in [1.54, 1.807) is 0 Å². The summed E-state index contributed by atoms with van der Waals surface area (Å²) in [5, 5.41) is 0. The molecule has 1 aliphatic rings. The molecule has 0 unspecified atom stereocenters. The number of nitrogens with zero attached hydrogens (tertiary/aromatic N) is 1. The molecule has 0 aliphatic carbocycles. The van der Waals surface area contributed by atoms with Crippen LogP contribution in [0.4, 0.5) is 5.69 Å². The molecular formula is C17H16BrNO. The SMILES string of the molecule is O=Cc1ccc(N2CCc3ccccc3CC2)cc1Br. The van der Waals surface area contributed by atoms with Crippen molar-refractivity contribution in [3.63, 3.8) is 0 Å². The molecule has 0 radical (unpaired) electrons. The van der Waals surface area contributed by atoms with Gasteiger partial charge >= 0.3 is 0 Å². The molecule has 1 heterocycles. The zero-order valence-corrected chi connectivity index (χ0v) is 12.8. The van der Waals surface area contributed by atoms with Crippen molar-refractivity contribution in [2.24, 2.45) is 0 Å². The summed E-state index contributed by atoms with van der Waals surface area (Å²) in [5.74, 6) is 0. The fourth-order valence-corrected chi connectivity index (χ4v) is 3.19. The van der Waals surface area contributed by atoms with Gasteiger partial charge in [-0.3, -0.25) is 4.79 Å². The third kappa shape index (κ3) is 2.63. The van der Waals surface area contributed by atoms with Gasteiger partial charge in [0.15, 0.2) is 6.29 Å². The van der Waals surface area contributed by atoms with Crippen LogP contribution in [0.15, 0.2) is 46.9 Å². The van der Waals surface area contributed by atoms with Gasteiger partial charge in [0.05, 0.1) is 0 Å². The third-order valence-electron chi connectivity index (χ3n) is 3.90. The molecule has 0 amide bonds. The van der Waals surface area contributed by atoms with Crippen LogP contribution in [0.1, 0.15) is 21.5 Å². The standard InChI is InChI=1S/C17H16BrNO/c18-17-11-16(6-5-15(17)12-20)19-9-7-13-3-1-2-4-14(13)8-10-19/h1-6,11-12H,7-10H2. The summed E-state index contributed by atoms with van der Waals surface area (Å²) in [6, 6.07) is 14.6. The maximum absolute atomic E-state index is 10.9. The normalized spacial score (nSPS) is 14.6. The number of halogens is 1. The number of carbonyl (C=O) groups is 1. The molecule has 0 aromatic heterocycles. The van der Waals surface area contributed by atoms with Gasteiger partial charge in [0.2, 0.25) is 0 Å². The van der Waals surface area contributed by atoms with Crippen molar-refractivity contribution in [2.75, 3.05) is 18.0 Å². The lowest BCUT2D eigenvalue weighted by atomic mass is 10.0. The molecule has 0 saturated carbocycles. The molecule has 0 N–H and O–H groups in total. The van der Waals surface area contributed by atoms with Gasteiger partial charge in [-0.1, -0.05) is 24.3 Å². The van der Waals surface area contributed by atoms with E-state index in [1.165, 1.54) is 16.8 Å². The Bertz CT molecular complexity index is 612. The average Bonchev–Trinajstić information content (AvgIpc) is 2.70. The van der Waals surface area contributed by atoms with Crippen molar-refractivity contribution in [3.8, 4) is 0 Å². The first-order chi connectivity index (χ1) is 9.78. The van der Waals surface area contributed by atoms with Crippen molar-refractivity contribution in [1.82, 2.24) is 0 Å². The molecule has 0 atom stereocenters. The molecule has 0 fully saturated rings. The monoisotopic (exact) mass is 329 g/mol. The Kier molecular flexibility index (Phi) is 3.88. The van der Waals surface area contributed by atoms with Gasteiger partial charge in [0.25, 0.3) is 0 Å². The Labute approximate surface area is 127 Å². The highest BCUT2D eigenvalue weighted by molar-refractivity contribution is 9.10. The number of carbonyl (C=O) groups excluding carboxylic acids is 1. The molecule has 102 valence electrons. The first-order valence-corrected chi connectivity index (χ1v) is 7.63. The van der Waals surface area contributed by atoms with Gasteiger partial charge in [-0.15, -0.1) is 0 Å². The Morgan fingerprint density at radius 1 is 1.00 bits per heavy atom. The number of hydrogen-bond donors (Lipinski definition) is 0. The minimum atomic E-state index is 0.701. The summed E-state index contributed by atoms with van der Waals surface area (Å²) in [5.41, 5.74) is 4.79. The molecule has 1 aliphatic heterocycles. The summed E-state index contributed by atoms with van der Waals surface area (Å²) in [6.07, 6.45) is 3.03. The van der Waals surface area contributed by atoms with Crippen LogP contribution in [0.2, 0.25) is 0 Å². The van der Waals surface area contributed by atoms with Crippen molar-refractivity contribution in [1.29, 1.82) is 0 Å². The number of anilines is 1. The zero-order chi connectivity index (χ0) is 13.9. The fraction of sp³-hybridized carbons (Fsp3) is 0.235. The Balaban J connectivity index is 1.83. The largest absolute Gasteiger partial charge is 0.371 e. The van der Waals surface area contributed by atoms with E-state index in [9.17, 15) is 4.79 Å². The number of fused-ring (bicyclic) bond motifs is 1. The number of hydrogen-bond acceptors (Lipinski definition) is 2. The predicted octanol–water partition coefficient (Wildman–Crippen LogP) is 3.87. The van der Waals surface area contributed by atoms with Gasteiger partial charge < -0.3 is 4.90 Å². The van der Waals surface area contributed by atoms with Crippen LogP contribution in [-0.4, -0.2) is 19.4 Å². The minimum absolute atomic E-state index is 0.701. The second kappa shape index (κ2) is 5.80. The highest BCUT2D eigenvalue weighted by Gasteiger charge is 2.14. The van der Waals surface area contributed by atoms with E-state index < -0.39 is 0 Å². The highest BCUT2D eigenvalue weighted by Crippen LogP contribution is 2.25. The lowest BCUT2D eigenvalue weighted by molar-refractivity contribution is 0.112. The molecule has 0 bridgehead atoms. The fourth-order valence-electron chi connectivity index (χ4n) is 2.73. The molecule has 0 spiro atoms. The molecule has 0 saturated heterocycles.